The summed E-state index contributed by atoms with van der Waals surface area (Å²) < 4.78 is 16.1. The molecule has 4 nitrogen and oxygen atoms in total. The van der Waals surface area contributed by atoms with Crippen LogP contribution in [0.3, 0.4) is 0 Å². The molecule has 1 aliphatic rings. The summed E-state index contributed by atoms with van der Waals surface area (Å²) in [4.78, 5) is 20.5. The van der Waals surface area contributed by atoms with Crippen molar-refractivity contribution < 1.29 is 9.18 Å². The lowest BCUT2D eigenvalue weighted by molar-refractivity contribution is 0.0644. The number of carbonyl (C=O) groups is 1. The molecule has 4 rings (SSSR count). The van der Waals surface area contributed by atoms with E-state index in [2.05, 4.69) is 16.7 Å². The van der Waals surface area contributed by atoms with E-state index in [-0.39, 0.29) is 16.9 Å². The van der Waals surface area contributed by atoms with Crippen LogP contribution in [0.15, 0.2) is 35.8 Å². The Morgan fingerprint density at radius 2 is 2.16 bits per heavy atom. The molecule has 1 fully saturated rings. The second-order valence-electron chi connectivity index (χ2n) is 6.96. The summed E-state index contributed by atoms with van der Waals surface area (Å²) >= 11 is 1.67. The lowest BCUT2D eigenvalue weighted by Crippen LogP contribution is -2.47. The van der Waals surface area contributed by atoms with Gasteiger partial charge in [-0.1, -0.05) is 19.1 Å². The van der Waals surface area contributed by atoms with Gasteiger partial charge in [0.25, 0.3) is 5.91 Å². The normalized spacial score (nSPS) is 21.0. The highest BCUT2D eigenvalue weighted by Crippen LogP contribution is 2.37. The molecule has 130 valence electrons. The predicted molar refractivity (Wildman–Crippen MR) is 96.7 cm³/mol. The zero-order valence-electron chi connectivity index (χ0n) is 14.3. The maximum absolute atomic E-state index is 14.0. The maximum atomic E-state index is 14.0. The van der Waals surface area contributed by atoms with Crippen LogP contribution in [-0.4, -0.2) is 33.3 Å². The van der Waals surface area contributed by atoms with Crippen molar-refractivity contribution in [2.75, 3.05) is 13.1 Å². The third-order valence-electron chi connectivity index (χ3n) is 5.09. The average Bonchev–Trinajstić information content (AvgIpc) is 3.19. The van der Waals surface area contributed by atoms with Gasteiger partial charge >= 0.3 is 0 Å². The first-order valence-electron chi connectivity index (χ1n) is 8.46. The number of imidazole rings is 1. The van der Waals surface area contributed by atoms with Gasteiger partial charge in [-0.15, -0.1) is 11.3 Å². The molecule has 0 spiro atoms. The SMILES string of the molecule is Cc1nc([C@]2(C)CCCN(C(=O)c3ccccc3F)C2)c2sccn12. The molecule has 1 aromatic carbocycles. The Morgan fingerprint density at radius 1 is 1.36 bits per heavy atom. The van der Waals surface area contributed by atoms with Crippen LogP contribution in [0.25, 0.3) is 4.83 Å². The van der Waals surface area contributed by atoms with Gasteiger partial charge in [0, 0.05) is 30.1 Å². The quantitative estimate of drug-likeness (QED) is 0.694. The number of thiazole rings is 1. The summed E-state index contributed by atoms with van der Waals surface area (Å²) in [5.74, 6) is 0.269. The number of fused-ring (bicyclic) bond motifs is 1. The average molecular weight is 357 g/mol. The van der Waals surface area contributed by atoms with Gasteiger partial charge in [0.05, 0.1) is 11.3 Å². The fraction of sp³-hybridized carbons (Fsp3) is 0.368. The largest absolute Gasteiger partial charge is 0.338 e. The second kappa shape index (κ2) is 5.95. The summed E-state index contributed by atoms with van der Waals surface area (Å²) in [6, 6.07) is 6.20. The van der Waals surface area contributed by atoms with E-state index in [1.54, 1.807) is 34.4 Å². The van der Waals surface area contributed by atoms with E-state index >= 15 is 0 Å². The Labute approximate surface area is 149 Å². The van der Waals surface area contributed by atoms with Crippen molar-refractivity contribution in [3.05, 3.63) is 58.7 Å². The number of piperidine rings is 1. The van der Waals surface area contributed by atoms with Gasteiger partial charge < -0.3 is 4.90 Å². The molecule has 3 aromatic rings. The Hall–Kier alpha value is -2.21. The van der Waals surface area contributed by atoms with Crippen molar-refractivity contribution in [1.82, 2.24) is 14.3 Å². The first-order valence-corrected chi connectivity index (χ1v) is 9.34. The number of rotatable bonds is 2. The molecule has 1 atom stereocenters. The van der Waals surface area contributed by atoms with Crippen LogP contribution in [0.5, 0.6) is 0 Å². The molecule has 0 bridgehead atoms. The molecule has 3 heterocycles. The number of aromatic nitrogens is 2. The van der Waals surface area contributed by atoms with E-state index in [0.717, 1.165) is 29.2 Å². The summed E-state index contributed by atoms with van der Waals surface area (Å²) in [6.45, 7) is 5.38. The Balaban J connectivity index is 1.67. The summed E-state index contributed by atoms with van der Waals surface area (Å²) in [5.41, 5.74) is 0.976. The third kappa shape index (κ3) is 2.65. The monoisotopic (exact) mass is 357 g/mol. The fourth-order valence-corrected chi connectivity index (χ4v) is 4.79. The van der Waals surface area contributed by atoms with Crippen LogP contribution in [0.4, 0.5) is 4.39 Å². The molecule has 1 amide bonds. The van der Waals surface area contributed by atoms with Crippen molar-refractivity contribution in [3.63, 3.8) is 0 Å². The van der Waals surface area contributed by atoms with Gasteiger partial charge in [0.2, 0.25) is 0 Å². The second-order valence-corrected chi connectivity index (χ2v) is 7.85. The molecule has 0 N–H and O–H groups in total. The lowest BCUT2D eigenvalue weighted by Gasteiger charge is -2.39. The predicted octanol–water partition coefficient (Wildman–Crippen LogP) is 4.04. The molecule has 6 heteroatoms. The number of hydrogen-bond acceptors (Lipinski definition) is 3. The minimum absolute atomic E-state index is 0.147. The zero-order valence-corrected chi connectivity index (χ0v) is 15.1. The van der Waals surface area contributed by atoms with Crippen LogP contribution in [0.2, 0.25) is 0 Å². The van der Waals surface area contributed by atoms with E-state index in [9.17, 15) is 9.18 Å². The highest BCUT2D eigenvalue weighted by Gasteiger charge is 2.38. The molecule has 0 saturated carbocycles. The number of likely N-dealkylation sites (tertiary alicyclic amines) is 1. The lowest BCUT2D eigenvalue weighted by atomic mass is 9.79. The first kappa shape index (κ1) is 16.3. The van der Waals surface area contributed by atoms with Gasteiger partial charge in [0.15, 0.2) is 0 Å². The van der Waals surface area contributed by atoms with Crippen LogP contribution in [-0.2, 0) is 5.41 Å². The van der Waals surface area contributed by atoms with Gasteiger partial charge in [-0.25, -0.2) is 9.37 Å². The summed E-state index contributed by atoms with van der Waals surface area (Å²) in [6.07, 6.45) is 3.89. The highest BCUT2D eigenvalue weighted by atomic mass is 32.1. The number of halogens is 1. The minimum Gasteiger partial charge on any atom is -0.338 e. The van der Waals surface area contributed by atoms with Crippen LogP contribution < -0.4 is 0 Å². The van der Waals surface area contributed by atoms with Gasteiger partial charge in [-0.05, 0) is 31.9 Å². The molecule has 0 unspecified atom stereocenters. The van der Waals surface area contributed by atoms with Crippen molar-refractivity contribution in [2.24, 2.45) is 0 Å². The van der Waals surface area contributed by atoms with Crippen LogP contribution in [0, 0.1) is 12.7 Å². The molecule has 2 aromatic heterocycles. The number of benzene rings is 1. The molecule has 1 saturated heterocycles. The number of nitrogens with zero attached hydrogens (tertiary/aromatic N) is 3. The molecular weight excluding hydrogens is 337 g/mol. The Bertz CT molecular complexity index is 947. The van der Waals surface area contributed by atoms with Crippen LogP contribution >= 0.6 is 11.3 Å². The molecule has 1 aliphatic heterocycles. The van der Waals surface area contributed by atoms with E-state index in [1.165, 1.54) is 6.07 Å². The van der Waals surface area contributed by atoms with Gasteiger partial charge in [-0.2, -0.15) is 0 Å². The minimum atomic E-state index is -0.460. The maximum Gasteiger partial charge on any atom is 0.256 e. The Morgan fingerprint density at radius 3 is 2.96 bits per heavy atom. The van der Waals surface area contributed by atoms with E-state index in [0.29, 0.717) is 13.1 Å². The van der Waals surface area contributed by atoms with Gasteiger partial charge in [-0.3, -0.25) is 9.20 Å². The molecular formula is C19H20FN3OS. The number of hydrogen-bond donors (Lipinski definition) is 0. The molecule has 0 aliphatic carbocycles. The van der Waals surface area contributed by atoms with Crippen molar-refractivity contribution in [2.45, 2.75) is 32.1 Å². The van der Waals surface area contributed by atoms with Crippen molar-refractivity contribution in [1.29, 1.82) is 0 Å². The smallest absolute Gasteiger partial charge is 0.256 e. The zero-order chi connectivity index (χ0) is 17.6. The molecule has 0 radical (unpaired) electrons. The summed E-state index contributed by atoms with van der Waals surface area (Å²) in [7, 11) is 0. The highest BCUT2D eigenvalue weighted by molar-refractivity contribution is 7.15. The number of carbonyl (C=O) groups excluding carboxylic acids is 1. The topological polar surface area (TPSA) is 37.6 Å². The van der Waals surface area contributed by atoms with Crippen molar-refractivity contribution in [3.8, 4) is 0 Å². The number of aryl methyl sites for hydroxylation is 1. The van der Waals surface area contributed by atoms with E-state index in [4.69, 9.17) is 4.98 Å². The fourth-order valence-electron chi connectivity index (χ4n) is 3.77. The summed E-state index contributed by atoms with van der Waals surface area (Å²) in [5, 5.41) is 2.06. The van der Waals surface area contributed by atoms with E-state index in [1.807, 2.05) is 13.1 Å². The standard InChI is InChI=1S/C19H20FN3OS/c1-13-21-16(18-23(13)10-11-25-18)19(2)8-5-9-22(12-19)17(24)14-6-3-4-7-15(14)20/h3-4,6-7,10-11H,5,8-9,12H2,1-2H3/t19-/m1/s1. The first-order chi connectivity index (χ1) is 12.0. The third-order valence-corrected chi connectivity index (χ3v) is 5.96. The number of amides is 1. The Kier molecular flexibility index (Phi) is 3.87. The van der Waals surface area contributed by atoms with Gasteiger partial charge in [0.1, 0.15) is 16.5 Å². The van der Waals surface area contributed by atoms with Crippen molar-refractivity contribution >= 4 is 22.1 Å². The van der Waals surface area contributed by atoms with Crippen LogP contribution in [0.1, 0.15) is 41.6 Å². The van der Waals surface area contributed by atoms with E-state index < -0.39 is 5.82 Å². The molecule has 25 heavy (non-hydrogen) atoms.